The van der Waals surface area contributed by atoms with Crippen molar-refractivity contribution < 1.29 is 4.79 Å². The minimum absolute atomic E-state index is 0.221. The monoisotopic (exact) mass is 511 g/mol. The molecular weight excluding hydrogens is 482 g/mol. The first-order valence-electron chi connectivity index (χ1n) is 12.6. The number of pyridine rings is 1. The van der Waals surface area contributed by atoms with E-state index in [4.69, 9.17) is 5.73 Å². The van der Waals surface area contributed by atoms with Crippen LogP contribution in [0.15, 0.2) is 72.5 Å². The molecule has 9 heteroatoms. The third-order valence-electron chi connectivity index (χ3n) is 7.54. The molecule has 6 rings (SSSR count). The van der Waals surface area contributed by atoms with E-state index in [0.717, 1.165) is 61.2 Å². The van der Waals surface area contributed by atoms with Crippen molar-refractivity contribution in [3.05, 3.63) is 78.1 Å². The fourth-order valence-corrected chi connectivity index (χ4v) is 6.07. The maximum atomic E-state index is 12.9. The van der Waals surface area contributed by atoms with E-state index in [9.17, 15) is 4.79 Å². The van der Waals surface area contributed by atoms with Gasteiger partial charge < -0.3 is 20.9 Å². The van der Waals surface area contributed by atoms with Crippen LogP contribution in [-0.2, 0) is 0 Å². The van der Waals surface area contributed by atoms with E-state index in [2.05, 4.69) is 30.1 Å². The van der Waals surface area contributed by atoms with Gasteiger partial charge in [0.2, 0.25) is 5.95 Å². The molecule has 1 spiro atoms. The third-order valence-corrected chi connectivity index (χ3v) is 8.46. The van der Waals surface area contributed by atoms with Gasteiger partial charge in [-0.05, 0) is 72.0 Å². The van der Waals surface area contributed by atoms with E-state index in [0.29, 0.717) is 22.4 Å². The first-order valence-corrected chi connectivity index (χ1v) is 13.4. The Morgan fingerprint density at radius 2 is 1.73 bits per heavy atom. The molecule has 3 aromatic heterocycles. The molecule has 0 radical (unpaired) electrons. The van der Waals surface area contributed by atoms with E-state index in [1.807, 2.05) is 66.3 Å². The van der Waals surface area contributed by atoms with Crippen LogP contribution in [0, 0.1) is 5.41 Å². The Morgan fingerprint density at radius 1 is 0.946 bits per heavy atom. The number of hydrogen-bond acceptors (Lipinski definition) is 8. The van der Waals surface area contributed by atoms with Crippen LogP contribution in [0.3, 0.4) is 0 Å². The van der Waals surface area contributed by atoms with Gasteiger partial charge in [0.1, 0.15) is 5.82 Å². The van der Waals surface area contributed by atoms with Crippen LogP contribution in [0.5, 0.6) is 0 Å². The van der Waals surface area contributed by atoms with Gasteiger partial charge in [0.15, 0.2) is 0 Å². The second kappa shape index (κ2) is 9.82. The number of aromatic nitrogens is 3. The molecule has 188 valence electrons. The van der Waals surface area contributed by atoms with Crippen molar-refractivity contribution in [3.63, 3.8) is 0 Å². The summed E-state index contributed by atoms with van der Waals surface area (Å²) in [5.74, 6) is 1.52. The number of hydrogen-bond donors (Lipinski definition) is 2. The summed E-state index contributed by atoms with van der Waals surface area (Å²) >= 11 is 1.65. The van der Waals surface area contributed by atoms with Crippen molar-refractivity contribution in [1.82, 2.24) is 15.0 Å². The smallest absolute Gasteiger partial charge is 0.257 e. The molecule has 2 aliphatic rings. The fourth-order valence-electron chi connectivity index (χ4n) is 5.34. The molecule has 0 atom stereocenters. The number of anilines is 4. The van der Waals surface area contributed by atoms with Crippen molar-refractivity contribution in [1.29, 1.82) is 0 Å². The predicted molar refractivity (Wildman–Crippen MR) is 149 cm³/mol. The summed E-state index contributed by atoms with van der Waals surface area (Å²) in [7, 11) is 0. The number of nitrogen functional groups attached to an aromatic ring is 1. The van der Waals surface area contributed by atoms with Crippen molar-refractivity contribution in [2.45, 2.75) is 19.3 Å². The molecule has 1 aromatic carbocycles. The van der Waals surface area contributed by atoms with Gasteiger partial charge >= 0.3 is 0 Å². The maximum absolute atomic E-state index is 12.9. The summed E-state index contributed by atoms with van der Waals surface area (Å²) in [5.41, 5.74) is 9.12. The molecule has 2 aliphatic heterocycles. The van der Waals surface area contributed by atoms with E-state index in [1.165, 1.54) is 6.42 Å². The van der Waals surface area contributed by atoms with Crippen LogP contribution in [0.1, 0.15) is 29.6 Å². The summed E-state index contributed by atoms with van der Waals surface area (Å²) < 4.78 is 0. The zero-order valence-corrected chi connectivity index (χ0v) is 21.3. The van der Waals surface area contributed by atoms with Gasteiger partial charge in [-0.25, -0.2) is 15.0 Å². The standard InChI is InChI=1S/C28H29N7OS/c29-22-6-4-20(24-3-1-16-37-24)17-23(22)33-26(36)21-5-7-25(32-18-21)34-13-8-28(9-14-34)10-15-35(19-28)27-30-11-2-12-31-27/h1-7,11-12,16-18H,8-10,13-15,19,29H2,(H,33,36). The summed E-state index contributed by atoms with van der Waals surface area (Å²) in [4.78, 5) is 32.2. The number of piperidine rings is 1. The second-order valence-corrected chi connectivity index (χ2v) is 10.8. The lowest BCUT2D eigenvalue weighted by molar-refractivity contribution is 0.102. The van der Waals surface area contributed by atoms with Crippen molar-refractivity contribution in [2.75, 3.05) is 47.0 Å². The van der Waals surface area contributed by atoms with E-state index in [1.54, 1.807) is 17.5 Å². The van der Waals surface area contributed by atoms with Gasteiger partial charge in [0, 0.05) is 49.6 Å². The first-order chi connectivity index (χ1) is 18.1. The highest BCUT2D eigenvalue weighted by molar-refractivity contribution is 7.13. The maximum Gasteiger partial charge on any atom is 0.257 e. The first kappa shape index (κ1) is 23.4. The van der Waals surface area contributed by atoms with Crippen LogP contribution >= 0.6 is 11.3 Å². The molecule has 0 saturated carbocycles. The van der Waals surface area contributed by atoms with Gasteiger partial charge in [0.05, 0.1) is 16.9 Å². The van der Waals surface area contributed by atoms with E-state index < -0.39 is 0 Å². The normalized spacial score (nSPS) is 16.8. The Labute approximate surface area is 220 Å². The van der Waals surface area contributed by atoms with Crippen molar-refractivity contribution in [3.8, 4) is 10.4 Å². The Bertz CT molecular complexity index is 1370. The number of carbonyl (C=O) groups excluding carboxylic acids is 1. The Kier molecular flexibility index (Phi) is 6.21. The molecule has 1 amide bonds. The Morgan fingerprint density at radius 3 is 2.43 bits per heavy atom. The third kappa shape index (κ3) is 4.86. The van der Waals surface area contributed by atoms with Crippen LogP contribution in [0.25, 0.3) is 10.4 Å². The molecule has 0 aliphatic carbocycles. The summed E-state index contributed by atoms with van der Waals surface area (Å²) in [5, 5.41) is 4.98. The largest absolute Gasteiger partial charge is 0.397 e. The van der Waals surface area contributed by atoms with Crippen LogP contribution in [0.4, 0.5) is 23.1 Å². The van der Waals surface area contributed by atoms with Crippen molar-refractivity contribution in [2.24, 2.45) is 5.41 Å². The fraction of sp³-hybridized carbons (Fsp3) is 0.286. The highest BCUT2D eigenvalue weighted by Crippen LogP contribution is 2.41. The number of nitrogens with two attached hydrogens (primary N) is 1. The van der Waals surface area contributed by atoms with E-state index >= 15 is 0 Å². The average molecular weight is 512 g/mol. The molecule has 8 nitrogen and oxygen atoms in total. The SMILES string of the molecule is Nc1ccc(-c2cccs2)cc1NC(=O)c1ccc(N2CCC3(CC2)CCN(c2ncccn2)C3)nc1. The molecule has 4 aromatic rings. The quantitative estimate of drug-likeness (QED) is 0.366. The molecule has 37 heavy (non-hydrogen) atoms. The Hall–Kier alpha value is -3.98. The van der Waals surface area contributed by atoms with Gasteiger partial charge in [-0.2, -0.15) is 0 Å². The molecule has 2 saturated heterocycles. The summed E-state index contributed by atoms with van der Waals surface area (Å²) in [6, 6.07) is 15.4. The molecule has 5 heterocycles. The number of thiophene rings is 1. The van der Waals surface area contributed by atoms with Gasteiger partial charge in [-0.15, -0.1) is 11.3 Å². The predicted octanol–water partition coefficient (Wildman–Crippen LogP) is 4.93. The molecule has 0 unspecified atom stereocenters. The Balaban J connectivity index is 1.07. The van der Waals surface area contributed by atoms with E-state index in [-0.39, 0.29) is 5.91 Å². The zero-order chi connectivity index (χ0) is 25.2. The topological polar surface area (TPSA) is 100 Å². The minimum Gasteiger partial charge on any atom is -0.397 e. The van der Waals surface area contributed by atoms with Gasteiger partial charge in [-0.3, -0.25) is 4.79 Å². The minimum atomic E-state index is -0.221. The number of rotatable bonds is 5. The lowest BCUT2D eigenvalue weighted by atomic mass is 9.78. The van der Waals surface area contributed by atoms with Crippen LogP contribution < -0.4 is 20.9 Å². The van der Waals surface area contributed by atoms with Crippen LogP contribution in [0.2, 0.25) is 0 Å². The average Bonchev–Trinajstić information content (AvgIpc) is 3.62. The number of carbonyl (C=O) groups is 1. The summed E-state index contributed by atoms with van der Waals surface area (Å²) in [6.07, 6.45) is 8.66. The molecular formula is C28H29N7OS. The molecule has 3 N–H and O–H groups in total. The van der Waals surface area contributed by atoms with Gasteiger partial charge in [-0.1, -0.05) is 12.1 Å². The lowest BCUT2D eigenvalue weighted by Gasteiger charge is -2.39. The number of benzene rings is 1. The summed E-state index contributed by atoms with van der Waals surface area (Å²) in [6.45, 7) is 3.92. The number of nitrogens with one attached hydrogen (secondary N) is 1. The van der Waals surface area contributed by atoms with Crippen molar-refractivity contribution >= 4 is 40.4 Å². The lowest BCUT2D eigenvalue weighted by Crippen LogP contribution is -2.42. The zero-order valence-electron chi connectivity index (χ0n) is 20.5. The number of nitrogens with zero attached hydrogens (tertiary/aromatic N) is 5. The van der Waals surface area contributed by atoms with Crippen LogP contribution in [-0.4, -0.2) is 47.0 Å². The molecule has 2 fully saturated rings. The number of amides is 1. The molecule has 0 bridgehead atoms. The highest BCUT2D eigenvalue weighted by atomic mass is 32.1. The van der Waals surface area contributed by atoms with Gasteiger partial charge in [0.25, 0.3) is 5.91 Å². The highest BCUT2D eigenvalue weighted by Gasteiger charge is 2.41. The second-order valence-electron chi connectivity index (χ2n) is 9.85.